The van der Waals surface area contributed by atoms with E-state index in [4.69, 9.17) is 0 Å². The molecule has 0 unspecified atom stereocenters. The van der Waals surface area contributed by atoms with Gasteiger partial charge in [-0.2, -0.15) is 11.7 Å². The van der Waals surface area contributed by atoms with Crippen LogP contribution in [0.2, 0.25) is 0 Å². The minimum absolute atomic E-state index is 0. The van der Waals surface area contributed by atoms with E-state index in [9.17, 15) is 5.26 Å². The Morgan fingerprint density at radius 1 is 0.889 bits per heavy atom. The molecule has 0 aliphatic heterocycles. The van der Waals surface area contributed by atoms with Crippen LogP contribution in [0.1, 0.15) is 17.5 Å². The maximum Gasteiger partial charge on any atom is 0.0802 e. The topological polar surface area (TPSA) is 23.8 Å². The monoisotopic (exact) mass is 309 g/mol. The van der Waals surface area contributed by atoms with Crippen LogP contribution in [-0.4, -0.2) is 0 Å². The maximum atomic E-state index is 9.59. The Morgan fingerprint density at radius 3 is 1.56 bits per heavy atom. The van der Waals surface area contributed by atoms with Crippen molar-refractivity contribution in [1.29, 1.82) is 5.26 Å². The van der Waals surface area contributed by atoms with E-state index in [1.807, 2.05) is 60.7 Å². The van der Waals surface area contributed by atoms with Crippen LogP contribution < -0.4 is 0 Å². The molecule has 2 aromatic carbocycles. The Balaban J connectivity index is 0.00000162. The molecule has 0 heterocycles. The molecule has 0 N–H and O–H groups in total. The van der Waals surface area contributed by atoms with E-state index in [2.05, 4.69) is 13.0 Å². The molecule has 2 aromatic rings. The summed E-state index contributed by atoms with van der Waals surface area (Å²) in [4.78, 5) is 0. The molecule has 0 bridgehead atoms. The van der Waals surface area contributed by atoms with Crippen LogP contribution in [-0.2, 0) is 38.1 Å². The molecule has 0 atom stereocenters. The third-order valence-electron chi connectivity index (χ3n) is 3.10. The van der Waals surface area contributed by atoms with Crippen LogP contribution >= 0.6 is 0 Å². The summed E-state index contributed by atoms with van der Waals surface area (Å²) in [6, 6.07) is 22.1. The number of nitriles is 1. The molecule has 2 heteroatoms. The summed E-state index contributed by atoms with van der Waals surface area (Å²) in [5.41, 5.74) is 1.37. The van der Waals surface area contributed by atoms with Gasteiger partial charge in [0.05, 0.1) is 11.5 Å². The Bertz CT molecular complexity index is 474. The zero-order valence-corrected chi connectivity index (χ0v) is 13.1. The van der Waals surface area contributed by atoms with Crippen molar-refractivity contribution >= 4 is 0 Å². The molecule has 2 rings (SSSR count). The molecule has 0 saturated carbocycles. The Kier molecular flexibility index (Phi) is 5.73. The predicted octanol–water partition coefficient (Wildman–Crippen LogP) is 3.72. The van der Waals surface area contributed by atoms with Gasteiger partial charge < -0.3 is 6.92 Å². The first-order valence-corrected chi connectivity index (χ1v) is 5.65. The van der Waals surface area contributed by atoms with Crippen LogP contribution in [0.5, 0.6) is 0 Å². The molecule has 0 aliphatic rings. The van der Waals surface area contributed by atoms with Gasteiger partial charge in [0.15, 0.2) is 0 Å². The third-order valence-corrected chi connectivity index (χ3v) is 3.10. The van der Waals surface area contributed by atoms with Crippen molar-refractivity contribution in [2.75, 3.05) is 0 Å². The first-order valence-electron chi connectivity index (χ1n) is 5.65. The molecule has 0 aromatic heterocycles. The molecule has 87 valence electrons. The number of nitrogens with zero attached hydrogens (tertiary/aromatic N) is 1. The zero-order chi connectivity index (χ0) is 12.1. The molecular weight excluding hydrogens is 295 g/mol. The number of hydrogen-bond donors (Lipinski definition) is 0. The summed E-state index contributed by atoms with van der Waals surface area (Å²) < 4.78 is 0. The van der Waals surface area contributed by atoms with Gasteiger partial charge in [0.1, 0.15) is 0 Å². The predicted molar refractivity (Wildman–Crippen MR) is 69.3 cm³/mol. The fourth-order valence-electron chi connectivity index (χ4n) is 2.09. The second-order valence-corrected chi connectivity index (χ2v) is 4.00. The second-order valence-electron chi connectivity index (χ2n) is 4.00. The van der Waals surface area contributed by atoms with Crippen molar-refractivity contribution in [3.63, 3.8) is 0 Å². The average Bonchev–Trinajstić information content (AvgIpc) is 2.43. The fraction of sp³-hybridized carbons (Fsp3) is 0.125. The van der Waals surface area contributed by atoms with E-state index < -0.39 is 5.41 Å². The molecular formula is C16H14NY-. The first kappa shape index (κ1) is 15.1. The molecule has 1 radical (unpaired) electrons. The van der Waals surface area contributed by atoms with Gasteiger partial charge in [-0.05, 0) is 11.1 Å². The van der Waals surface area contributed by atoms with E-state index in [0.29, 0.717) is 6.42 Å². The molecule has 0 saturated heterocycles. The van der Waals surface area contributed by atoms with Crippen LogP contribution in [0.4, 0.5) is 0 Å². The van der Waals surface area contributed by atoms with Gasteiger partial charge in [0, 0.05) is 32.7 Å². The van der Waals surface area contributed by atoms with Crippen LogP contribution in [0.15, 0.2) is 60.7 Å². The summed E-state index contributed by atoms with van der Waals surface area (Å²) in [6.07, 6.45) is 0.525. The summed E-state index contributed by atoms with van der Waals surface area (Å²) in [7, 11) is 0. The molecule has 0 spiro atoms. The molecule has 0 fully saturated rings. The van der Waals surface area contributed by atoms with E-state index in [1.165, 1.54) is 0 Å². The van der Waals surface area contributed by atoms with Crippen molar-refractivity contribution in [2.24, 2.45) is 0 Å². The van der Waals surface area contributed by atoms with Gasteiger partial charge in [-0.15, -0.1) is 0 Å². The molecule has 18 heavy (non-hydrogen) atoms. The second kappa shape index (κ2) is 6.83. The van der Waals surface area contributed by atoms with E-state index >= 15 is 0 Å². The normalized spacial score (nSPS) is 10.2. The van der Waals surface area contributed by atoms with Crippen LogP contribution in [0, 0.1) is 18.3 Å². The molecule has 0 aliphatic carbocycles. The summed E-state index contributed by atoms with van der Waals surface area (Å²) in [6.45, 7) is 3.96. The van der Waals surface area contributed by atoms with Crippen molar-refractivity contribution in [2.45, 2.75) is 11.8 Å². The first-order chi connectivity index (χ1) is 8.33. The van der Waals surface area contributed by atoms with Crippen LogP contribution in [0.25, 0.3) is 0 Å². The fourth-order valence-corrected chi connectivity index (χ4v) is 2.09. The van der Waals surface area contributed by atoms with Gasteiger partial charge in [-0.1, -0.05) is 60.7 Å². The summed E-state index contributed by atoms with van der Waals surface area (Å²) in [5, 5.41) is 9.59. The summed E-state index contributed by atoms with van der Waals surface area (Å²) in [5.74, 6) is 0. The molecule has 0 amide bonds. The van der Waals surface area contributed by atoms with Crippen molar-refractivity contribution < 1.29 is 32.7 Å². The van der Waals surface area contributed by atoms with Gasteiger partial charge in [-0.3, -0.25) is 0 Å². The van der Waals surface area contributed by atoms with Crippen molar-refractivity contribution in [1.82, 2.24) is 0 Å². The number of rotatable bonds is 3. The van der Waals surface area contributed by atoms with E-state index in [0.717, 1.165) is 11.1 Å². The Labute approximate surface area is 134 Å². The van der Waals surface area contributed by atoms with Gasteiger partial charge >= 0.3 is 0 Å². The Hall–Kier alpha value is -0.966. The summed E-state index contributed by atoms with van der Waals surface area (Å²) >= 11 is 0. The van der Waals surface area contributed by atoms with Crippen LogP contribution in [0.3, 0.4) is 0 Å². The maximum absolute atomic E-state index is 9.59. The minimum Gasteiger partial charge on any atom is -0.341 e. The zero-order valence-electron chi connectivity index (χ0n) is 10.2. The largest absolute Gasteiger partial charge is 0.341 e. The molecule has 1 nitrogen and oxygen atoms in total. The smallest absolute Gasteiger partial charge is 0.0802 e. The third kappa shape index (κ3) is 2.71. The Morgan fingerprint density at radius 2 is 1.28 bits per heavy atom. The van der Waals surface area contributed by atoms with Crippen molar-refractivity contribution in [3.8, 4) is 6.07 Å². The number of hydrogen-bond acceptors (Lipinski definition) is 1. The number of benzene rings is 2. The van der Waals surface area contributed by atoms with Crippen molar-refractivity contribution in [3.05, 3.63) is 78.7 Å². The quantitative estimate of drug-likeness (QED) is 0.793. The van der Waals surface area contributed by atoms with Gasteiger partial charge in [0.2, 0.25) is 0 Å². The van der Waals surface area contributed by atoms with Gasteiger partial charge in [0.25, 0.3) is 0 Å². The van der Waals surface area contributed by atoms with E-state index in [-0.39, 0.29) is 32.7 Å². The average molecular weight is 309 g/mol. The minimum atomic E-state index is -0.636. The van der Waals surface area contributed by atoms with E-state index in [1.54, 1.807) is 0 Å². The standard InChI is InChI=1S/C16H14N.Y/c1-2-16(13-17,14-9-5-3-6-10-14)15-11-7-4-8-12-15;/h3-12H,1-2H2;/q-1;. The SMILES string of the molecule is [CH2-]CC(C#N)(c1ccccc1)c1ccccc1.[Y]. The van der Waals surface area contributed by atoms with Gasteiger partial charge in [-0.25, -0.2) is 0 Å².